The highest BCUT2D eigenvalue weighted by Crippen LogP contribution is 2.24. The van der Waals surface area contributed by atoms with Gasteiger partial charge in [0.15, 0.2) is 6.10 Å². The van der Waals surface area contributed by atoms with Crippen molar-refractivity contribution in [3.63, 3.8) is 0 Å². The maximum Gasteiger partial charge on any atom is 0.333 e. The van der Waals surface area contributed by atoms with Crippen molar-refractivity contribution in [2.45, 2.75) is 25.7 Å². The van der Waals surface area contributed by atoms with E-state index in [1.165, 1.54) is 7.11 Å². The Balaban J connectivity index is 1.31. The molecule has 1 atom stereocenters. The Morgan fingerprint density at radius 3 is 1.67 bits per heavy atom. The number of carboxylic acids is 1. The van der Waals surface area contributed by atoms with Gasteiger partial charge >= 0.3 is 5.97 Å². The predicted molar refractivity (Wildman–Crippen MR) is 137 cm³/mol. The number of benzene rings is 4. The molecule has 0 unspecified atom stereocenters. The van der Waals surface area contributed by atoms with E-state index < -0.39 is 12.1 Å². The third-order valence-corrected chi connectivity index (χ3v) is 5.61. The van der Waals surface area contributed by atoms with Crippen molar-refractivity contribution in [2.24, 2.45) is 0 Å². The van der Waals surface area contributed by atoms with Crippen LogP contribution < -0.4 is 14.2 Å². The molecule has 0 aromatic heterocycles. The van der Waals surface area contributed by atoms with E-state index in [1.54, 1.807) is 0 Å². The molecule has 0 spiro atoms. The van der Waals surface area contributed by atoms with Gasteiger partial charge in [-0.1, -0.05) is 54.6 Å². The molecule has 4 aromatic rings. The van der Waals surface area contributed by atoms with E-state index in [9.17, 15) is 4.79 Å². The number of carboxylic acid groups (broad SMARTS) is 1. The molecule has 184 valence electrons. The van der Waals surface area contributed by atoms with Gasteiger partial charge in [-0.25, -0.2) is 4.79 Å². The summed E-state index contributed by atoms with van der Waals surface area (Å²) in [5.41, 5.74) is 2.92. The topological polar surface area (TPSA) is 74.2 Å². The summed E-state index contributed by atoms with van der Waals surface area (Å²) < 4.78 is 22.8. The first kappa shape index (κ1) is 24.8. The normalized spacial score (nSPS) is 11.5. The van der Waals surface area contributed by atoms with Crippen molar-refractivity contribution in [2.75, 3.05) is 7.11 Å². The Hall–Kier alpha value is -4.29. The molecule has 0 bridgehead atoms. The van der Waals surface area contributed by atoms with Gasteiger partial charge in [-0.2, -0.15) is 0 Å². The Bertz CT molecular complexity index is 1240. The van der Waals surface area contributed by atoms with Gasteiger partial charge in [-0.15, -0.1) is 0 Å². The zero-order valence-corrected chi connectivity index (χ0v) is 20.0. The Kier molecular flexibility index (Phi) is 8.57. The van der Waals surface area contributed by atoms with Crippen LogP contribution in [0.2, 0.25) is 0 Å². The van der Waals surface area contributed by atoms with Crippen LogP contribution in [0.15, 0.2) is 103 Å². The molecule has 6 heteroatoms. The van der Waals surface area contributed by atoms with Crippen molar-refractivity contribution in [1.82, 2.24) is 0 Å². The van der Waals surface area contributed by atoms with Gasteiger partial charge in [0.05, 0.1) is 0 Å². The highest BCUT2D eigenvalue weighted by molar-refractivity contribution is 5.72. The quantitative estimate of drug-likeness (QED) is 0.255. The summed E-state index contributed by atoms with van der Waals surface area (Å²) in [6.45, 7) is 0.795. The second kappa shape index (κ2) is 12.4. The van der Waals surface area contributed by atoms with Crippen LogP contribution in [0.3, 0.4) is 0 Å². The van der Waals surface area contributed by atoms with Crippen molar-refractivity contribution in [3.05, 3.63) is 120 Å². The van der Waals surface area contributed by atoms with Crippen LogP contribution in [-0.2, 0) is 29.2 Å². The molecule has 0 radical (unpaired) electrons. The first-order chi connectivity index (χ1) is 17.6. The van der Waals surface area contributed by atoms with Gasteiger partial charge in [0.25, 0.3) is 0 Å². The van der Waals surface area contributed by atoms with Gasteiger partial charge in [0.2, 0.25) is 0 Å². The van der Waals surface area contributed by atoms with E-state index in [0.717, 1.165) is 33.9 Å². The Morgan fingerprint density at radius 1 is 0.667 bits per heavy atom. The van der Waals surface area contributed by atoms with Gasteiger partial charge in [-0.05, 0) is 65.2 Å². The summed E-state index contributed by atoms with van der Waals surface area (Å²) in [6, 6.07) is 32.5. The first-order valence-electron chi connectivity index (χ1n) is 11.6. The average Bonchev–Trinajstić information content (AvgIpc) is 2.91. The van der Waals surface area contributed by atoms with E-state index in [0.29, 0.717) is 25.4 Å². The summed E-state index contributed by atoms with van der Waals surface area (Å²) in [6.07, 6.45) is -0.567. The predicted octanol–water partition coefficient (Wildman–Crippen LogP) is 6.28. The highest BCUT2D eigenvalue weighted by atomic mass is 16.5. The third kappa shape index (κ3) is 7.10. The first-order valence-corrected chi connectivity index (χ1v) is 11.6. The van der Waals surface area contributed by atoms with E-state index in [4.69, 9.17) is 24.1 Å². The van der Waals surface area contributed by atoms with E-state index in [1.807, 2.05) is 103 Å². The van der Waals surface area contributed by atoms with E-state index >= 15 is 0 Å². The molecule has 0 fully saturated rings. The van der Waals surface area contributed by atoms with Crippen LogP contribution in [0, 0.1) is 0 Å². The molecular weight excluding hydrogens is 456 g/mol. The molecule has 0 aliphatic carbocycles. The van der Waals surface area contributed by atoms with Crippen LogP contribution >= 0.6 is 0 Å². The number of methoxy groups -OCH3 is 1. The Labute approximate surface area is 210 Å². The standard InChI is InChI=1S/C30H28O6/c1-33-29(30(31)32)19-22-11-13-25(14-12-22)34-20-23-7-5-6-8-24(23)21-35-26-15-17-28(18-16-26)36-27-9-3-2-4-10-27/h2-18,29H,19-21H2,1H3,(H,31,32)/t29-/m0/s1. The fraction of sp³-hybridized carbons (Fsp3) is 0.167. The molecule has 0 amide bonds. The minimum atomic E-state index is -0.979. The fourth-order valence-corrected chi connectivity index (χ4v) is 3.60. The molecule has 4 aromatic carbocycles. The van der Waals surface area contributed by atoms with Gasteiger partial charge in [0, 0.05) is 13.5 Å². The fourth-order valence-electron chi connectivity index (χ4n) is 3.60. The molecule has 6 nitrogen and oxygen atoms in total. The van der Waals surface area contributed by atoms with Crippen LogP contribution in [-0.4, -0.2) is 24.3 Å². The van der Waals surface area contributed by atoms with Gasteiger partial charge in [-0.3, -0.25) is 0 Å². The minimum absolute atomic E-state index is 0.297. The van der Waals surface area contributed by atoms with Gasteiger partial charge in [0.1, 0.15) is 36.2 Å². The van der Waals surface area contributed by atoms with Crippen molar-refractivity contribution < 1.29 is 28.8 Å². The number of ether oxygens (including phenoxy) is 4. The van der Waals surface area contributed by atoms with Crippen molar-refractivity contribution in [3.8, 4) is 23.0 Å². The summed E-state index contributed by atoms with van der Waals surface area (Å²) >= 11 is 0. The van der Waals surface area contributed by atoms with E-state index in [2.05, 4.69) is 0 Å². The zero-order chi connectivity index (χ0) is 25.2. The Morgan fingerprint density at radius 2 is 1.14 bits per heavy atom. The van der Waals surface area contributed by atoms with Gasteiger partial charge < -0.3 is 24.1 Å². The number of para-hydroxylation sites is 1. The third-order valence-electron chi connectivity index (χ3n) is 5.61. The van der Waals surface area contributed by atoms with Crippen LogP contribution in [0.4, 0.5) is 0 Å². The highest BCUT2D eigenvalue weighted by Gasteiger charge is 2.16. The van der Waals surface area contributed by atoms with Crippen molar-refractivity contribution >= 4 is 5.97 Å². The maximum absolute atomic E-state index is 11.2. The van der Waals surface area contributed by atoms with Crippen molar-refractivity contribution in [1.29, 1.82) is 0 Å². The summed E-state index contributed by atoms with van der Waals surface area (Å²) in [4.78, 5) is 11.2. The maximum atomic E-state index is 11.2. The lowest BCUT2D eigenvalue weighted by molar-refractivity contribution is -0.148. The molecule has 0 saturated heterocycles. The monoisotopic (exact) mass is 484 g/mol. The van der Waals surface area contributed by atoms with Crippen LogP contribution in [0.5, 0.6) is 23.0 Å². The zero-order valence-electron chi connectivity index (χ0n) is 20.0. The molecule has 0 heterocycles. The number of hydrogen-bond acceptors (Lipinski definition) is 5. The SMILES string of the molecule is CO[C@@H](Cc1ccc(OCc2ccccc2COc2ccc(Oc3ccccc3)cc2)cc1)C(=O)O. The number of aliphatic carboxylic acids is 1. The molecule has 36 heavy (non-hydrogen) atoms. The largest absolute Gasteiger partial charge is 0.489 e. The lowest BCUT2D eigenvalue weighted by Crippen LogP contribution is -2.24. The molecule has 0 saturated carbocycles. The molecule has 1 N–H and O–H groups in total. The van der Waals surface area contributed by atoms with Crippen LogP contribution in [0.25, 0.3) is 0 Å². The second-order valence-electron chi connectivity index (χ2n) is 8.14. The minimum Gasteiger partial charge on any atom is -0.489 e. The number of hydrogen-bond donors (Lipinski definition) is 1. The molecule has 0 aliphatic rings. The second-order valence-corrected chi connectivity index (χ2v) is 8.14. The summed E-state index contributed by atoms with van der Waals surface area (Å²) in [5.74, 6) is 2.00. The number of rotatable bonds is 12. The number of carbonyl (C=O) groups is 1. The van der Waals surface area contributed by atoms with E-state index in [-0.39, 0.29) is 0 Å². The summed E-state index contributed by atoms with van der Waals surface area (Å²) in [5, 5.41) is 9.14. The lowest BCUT2D eigenvalue weighted by atomic mass is 10.1. The smallest absolute Gasteiger partial charge is 0.333 e. The van der Waals surface area contributed by atoms with Crippen LogP contribution in [0.1, 0.15) is 16.7 Å². The molecule has 4 rings (SSSR count). The summed E-state index contributed by atoms with van der Waals surface area (Å²) in [7, 11) is 1.40. The average molecular weight is 485 g/mol. The lowest BCUT2D eigenvalue weighted by Gasteiger charge is -2.14. The molecular formula is C30H28O6. The molecule has 0 aliphatic heterocycles.